The molecule has 5 nitrogen and oxygen atoms in total. The molecule has 154 valence electrons. The molecule has 0 bridgehead atoms. The zero-order valence-corrected chi connectivity index (χ0v) is 17.6. The monoisotopic (exact) mass is 443 g/mol. The summed E-state index contributed by atoms with van der Waals surface area (Å²) in [7, 11) is 0. The van der Waals surface area contributed by atoms with Crippen molar-refractivity contribution in [2.75, 3.05) is 0 Å². The van der Waals surface area contributed by atoms with Crippen LogP contribution in [0, 0.1) is 0 Å². The highest BCUT2D eigenvalue weighted by atomic mass is 35.5. The number of hydrogen-bond acceptors (Lipinski definition) is 3. The quantitative estimate of drug-likeness (QED) is 0.486. The highest BCUT2D eigenvalue weighted by Crippen LogP contribution is 2.22. The number of ether oxygens (including phenoxy) is 1. The van der Waals surface area contributed by atoms with Crippen LogP contribution in [-0.4, -0.2) is 17.0 Å². The Labute approximate surface area is 184 Å². The second-order valence-corrected chi connectivity index (χ2v) is 7.54. The molecule has 0 heterocycles. The average Bonchev–Trinajstić information content (AvgIpc) is 2.74. The van der Waals surface area contributed by atoms with Gasteiger partial charge in [0, 0.05) is 21.2 Å². The number of carbonyl (C=O) groups is 2. The lowest BCUT2D eigenvalue weighted by Crippen LogP contribution is -2.27. The fourth-order valence-corrected chi connectivity index (χ4v) is 3.15. The molecule has 0 saturated heterocycles. The Hall–Kier alpha value is -3.02. The van der Waals surface area contributed by atoms with Gasteiger partial charge in [-0.25, -0.2) is 4.79 Å². The van der Waals surface area contributed by atoms with Gasteiger partial charge in [-0.3, -0.25) is 4.79 Å². The SMILES string of the molecule is C[C@H](NC(=O)c1cc(Cl)ccc1COc1ccc(Cl)cc1)c1ccc(C(=O)O)cc1. The normalized spacial score (nSPS) is 11.6. The van der Waals surface area contributed by atoms with E-state index in [1.807, 2.05) is 6.92 Å². The Morgan fingerprint density at radius 1 is 0.967 bits per heavy atom. The van der Waals surface area contributed by atoms with Crippen molar-refractivity contribution in [1.29, 1.82) is 0 Å². The Kier molecular flexibility index (Phi) is 6.98. The van der Waals surface area contributed by atoms with Gasteiger partial charge in [0.2, 0.25) is 0 Å². The van der Waals surface area contributed by atoms with Crippen molar-refractivity contribution in [3.05, 3.63) is 99.0 Å². The standard InChI is InChI=1S/C23H19Cl2NO4/c1-14(15-2-4-16(5-3-15)23(28)29)26-22(27)21-12-19(25)7-6-17(21)13-30-20-10-8-18(24)9-11-20/h2-12,14H,13H2,1H3,(H,26,27)(H,28,29)/t14-/m0/s1. The van der Waals surface area contributed by atoms with E-state index >= 15 is 0 Å². The average molecular weight is 444 g/mol. The molecule has 0 aliphatic heterocycles. The van der Waals surface area contributed by atoms with Crippen LogP contribution in [0.3, 0.4) is 0 Å². The summed E-state index contributed by atoms with van der Waals surface area (Å²) >= 11 is 12.0. The van der Waals surface area contributed by atoms with Crippen LogP contribution in [0.5, 0.6) is 5.75 Å². The molecule has 0 spiro atoms. The molecule has 1 atom stereocenters. The van der Waals surface area contributed by atoms with Gasteiger partial charge in [0.05, 0.1) is 11.6 Å². The summed E-state index contributed by atoms with van der Waals surface area (Å²) in [6.45, 7) is 2.01. The molecular weight excluding hydrogens is 425 g/mol. The Balaban J connectivity index is 1.73. The number of carbonyl (C=O) groups excluding carboxylic acids is 1. The molecule has 0 aliphatic carbocycles. The number of hydrogen-bond donors (Lipinski definition) is 2. The fourth-order valence-electron chi connectivity index (χ4n) is 2.85. The summed E-state index contributed by atoms with van der Waals surface area (Å²) < 4.78 is 5.77. The largest absolute Gasteiger partial charge is 0.489 e. The topological polar surface area (TPSA) is 75.6 Å². The lowest BCUT2D eigenvalue weighted by molar-refractivity contribution is 0.0696. The van der Waals surface area contributed by atoms with E-state index in [4.69, 9.17) is 33.0 Å². The molecule has 3 aromatic rings. The van der Waals surface area contributed by atoms with Crippen molar-refractivity contribution < 1.29 is 19.4 Å². The van der Waals surface area contributed by atoms with Crippen LogP contribution in [0.1, 0.15) is 44.8 Å². The minimum absolute atomic E-state index is 0.184. The van der Waals surface area contributed by atoms with Gasteiger partial charge in [-0.05, 0) is 61.0 Å². The number of aromatic carboxylic acids is 1. The molecule has 7 heteroatoms. The van der Waals surface area contributed by atoms with E-state index in [1.54, 1.807) is 54.6 Å². The number of amides is 1. The molecule has 30 heavy (non-hydrogen) atoms. The minimum atomic E-state index is -0.998. The zero-order valence-electron chi connectivity index (χ0n) is 16.1. The molecule has 0 unspecified atom stereocenters. The predicted molar refractivity (Wildman–Crippen MR) is 117 cm³/mol. The maximum Gasteiger partial charge on any atom is 0.335 e. The van der Waals surface area contributed by atoms with Crippen LogP contribution in [-0.2, 0) is 6.61 Å². The summed E-state index contributed by atoms with van der Waals surface area (Å²) in [5.41, 5.74) is 2.06. The number of carboxylic acid groups (broad SMARTS) is 1. The van der Waals surface area contributed by atoms with E-state index < -0.39 is 5.97 Å². The van der Waals surface area contributed by atoms with Crippen molar-refractivity contribution in [2.24, 2.45) is 0 Å². The summed E-state index contributed by atoms with van der Waals surface area (Å²) in [6.07, 6.45) is 0. The van der Waals surface area contributed by atoms with Gasteiger partial charge < -0.3 is 15.2 Å². The molecule has 1 amide bonds. The highest BCUT2D eigenvalue weighted by Gasteiger charge is 2.16. The van der Waals surface area contributed by atoms with Crippen LogP contribution in [0.4, 0.5) is 0 Å². The molecule has 0 aromatic heterocycles. The first kappa shape index (κ1) is 21.7. The molecule has 3 aromatic carbocycles. The van der Waals surface area contributed by atoms with E-state index in [9.17, 15) is 9.59 Å². The molecular formula is C23H19Cl2NO4. The third kappa shape index (κ3) is 5.53. The smallest absolute Gasteiger partial charge is 0.335 e. The lowest BCUT2D eigenvalue weighted by Gasteiger charge is -2.17. The van der Waals surface area contributed by atoms with Crippen molar-refractivity contribution in [3.8, 4) is 5.75 Å². The summed E-state index contributed by atoms with van der Waals surface area (Å²) in [4.78, 5) is 23.9. The maximum atomic E-state index is 12.9. The van der Waals surface area contributed by atoms with Gasteiger partial charge in [-0.15, -0.1) is 0 Å². The Morgan fingerprint density at radius 2 is 1.60 bits per heavy atom. The van der Waals surface area contributed by atoms with Crippen LogP contribution in [0.2, 0.25) is 10.0 Å². The first-order valence-corrected chi connectivity index (χ1v) is 9.90. The number of benzene rings is 3. The first-order valence-electron chi connectivity index (χ1n) is 9.14. The van der Waals surface area contributed by atoms with Crippen LogP contribution >= 0.6 is 23.2 Å². The summed E-state index contributed by atoms with van der Waals surface area (Å²) in [6, 6.07) is 18.0. The van der Waals surface area contributed by atoms with E-state index in [0.29, 0.717) is 26.9 Å². The molecule has 0 aliphatic rings. The van der Waals surface area contributed by atoms with Crippen molar-refractivity contribution >= 4 is 35.1 Å². The van der Waals surface area contributed by atoms with E-state index in [2.05, 4.69) is 5.32 Å². The van der Waals surface area contributed by atoms with Gasteiger partial charge in [0.15, 0.2) is 0 Å². The first-order chi connectivity index (χ1) is 14.3. The zero-order chi connectivity index (χ0) is 21.7. The molecule has 3 rings (SSSR count). The van der Waals surface area contributed by atoms with Gasteiger partial charge in [0.25, 0.3) is 5.91 Å². The number of rotatable bonds is 7. The molecule has 0 fully saturated rings. The third-order valence-electron chi connectivity index (χ3n) is 4.53. The van der Waals surface area contributed by atoms with Gasteiger partial charge in [0.1, 0.15) is 12.4 Å². The number of carboxylic acids is 1. The van der Waals surface area contributed by atoms with Crippen molar-refractivity contribution in [2.45, 2.75) is 19.6 Å². The van der Waals surface area contributed by atoms with E-state index in [1.165, 1.54) is 12.1 Å². The number of halogens is 2. The fraction of sp³-hybridized carbons (Fsp3) is 0.130. The number of nitrogens with one attached hydrogen (secondary N) is 1. The van der Waals surface area contributed by atoms with Crippen LogP contribution < -0.4 is 10.1 Å². The predicted octanol–water partition coefficient (Wildman–Crippen LogP) is 5.76. The van der Waals surface area contributed by atoms with Crippen LogP contribution in [0.25, 0.3) is 0 Å². The summed E-state index contributed by atoms with van der Waals surface area (Å²) in [5, 5.41) is 13.0. The molecule has 0 saturated carbocycles. The molecule has 0 radical (unpaired) electrons. The maximum absolute atomic E-state index is 12.9. The Bertz CT molecular complexity index is 1050. The molecule has 2 N–H and O–H groups in total. The van der Waals surface area contributed by atoms with E-state index in [-0.39, 0.29) is 24.1 Å². The van der Waals surface area contributed by atoms with Crippen molar-refractivity contribution in [1.82, 2.24) is 5.32 Å². The Morgan fingerprint density at radius 3 is 2.23 bits per heavy atom. The van der Waals surface area contributed by atoms with Crippen LogP contribution in [0.15, 0.2) is 66.7 Å². The highest BCUT2D eigenvalue weighted by molar-refractivity contribution is 6.31. The van der Waals surface area contributed by atoms with E-state index in [0.717, 1.165) is 5.56 Å². The van der Waals surface area contributed by atoms with Gasteiger partial charge in [-0.2, -0.15) is 0 Å². The lowest BCUT2D eigenvalue weighted by atomic mass is 10.0. The summed E-state index contributed by atoms with van der Waals surface area (Å²) in [5.74, 6) is -0.669. The van der Waals surface area contributed by atoms with Crippen molar-refractivity contribution in [3.63, 3.8) is 0 Å². The van der Waals surface area contributed by atoms with Gasteiger partial charge in [-0.1, -0.05) is 41.4 Å². The van der Waals surface area contributed by atoms with Gasteiger partial charge >= 0.3 is 5.97 Å². The second-order valence-electron chi connectivity index (χ2n) is 6.67. The third-order valence-corrected chi connectivity index (χ3v) is 5.02. The second kappa shape index (κ2) is 9.65. The minimum Gasteiger partial charge on any atom is -0.489 e.